The number of urea groups is 1. The summed E-state index contributed by atoms with van der Waals surface area (Å²) in [6.07, 6.45) is 1.21. The number of nitrogens with two attached hydrogens (primary N) is 1. The fraction of sp³-hybridized carbons (Fsp3) is 0.269. The minimum Gasteiger partial charge on any atom is -0.494 e. The number of amides is 2. The highest BCUT2D eigenvalue weighted by atomic mass is 35.5. The number of rotatable bonds is 7. The van der Waals surface area contributed by atoms with Crippen LogP contribution in [0.3, 0.4) is 0 Å². The fourth-order valence-electron chi connectivity index (χ4n) is 4.01. The topological polar surface area (TPSA) is 67.6 Å². The summed E-state index contributed by atoms with van der Waals surface area (Å²) in [6.45, 7) is 5.78. The molecule has 0 aliphatic carbocycles. The molecule has 3 N–H and O–H groups in total. The molecule has 0 aliphatic heterocycles. The Hall–Kier alpha value is -2.61. The molecule has 188 valence electrons. The summed E-state index contributed by atoms with van der Waals surface area (Å²) in [7, 11) is 1.39. The van der Waals surface area contributed by atoms with Gasteiger partial charge in [-0.05, 0) is 66.8 Å². The predicted octanol–water partition coefficient (Wildman–Crippen LogP) is 7.76. The number of carbonyl (C=O) groups excluding carboxylic acids is 1. The highest BCUT2D eigenvalue weighted by molar-refractivity contribution is 7.59. The summed E-state index contributed by atoms with van der Waals surface area (Å²) in [4.78, 5) is 15.3. The summed E-state index contributed by atoms with van der Waals surface area (Å²) in [6, 6.07) is 12.4. The molecule has 3 aromatic carbocycles. The van der Waals surface area contributed by atoms with Crippen molar-refractivity contribution in [2.24, 2.45) is 0 Å². The van der Waals surface area contributed by atoms with Crippen LogP contribution in [0.5, 0.6) is 5.75 Å². The summed E-state index contributed by atoms with van der Waals surface area (Å²) < 4.78 is 19.7. The molecular weight excluding hydrogens is 508 g/mol. The number of hydrogen-bond donors (Lipinski definition) is 2. The van der Waals surface area contributed by atoms with Crippen LogP contribution in [0.15, 0.2) is 48.5 Å². The molecule has 2 amide bonds. The van der Waals surface area contributed by atoms with E-state index in [1.807, 2.05) is 32.9 Å². The van der Waals surface area contributed by atoms with Crippen molar-refractivity contribution < 1.29 is 13.9 Å². The summed E-state index contributed by atoms with van der Waals surface area (Å²) in [5, 5.41) is 4.08. The first kappa shape index (κ1) is 28.6. The molecule has 0 saturated carbocycles. The Morgan fingerprint density at radius 3 is 2.26 bits per heavy atom. The smallest absolute Gasteiger partial charge is 0.326 e. The van der Waals surface area contributed by atoms with Crippen LogP contribution in [0, 0.1) is 5.82 Å². The van der Waals surface area contributed by atoms with E-state index >= 15 is 0 Å². The number of carbonyl (C=O) groups is 1. The molecule has 0 saturated heterocycles. The standard InChI is InChI=1S/C26H28Cl2FN3O2.H2S/c1-5-19-21(28)14-23(30)20(6-2)25(19)31-26(33)32(15(3)16-7-9-17(27)10-8-16)18-11-12-24(34-4)22(29)13-18;/h7-15H,5-6,30H2,1-4H3,(H,31,33);1H2/t15-;/m0./s1. The van der Waals surface area contributed by atoms with Crippen molar-refractivity contribution in [1.82, 2.24) is 0 Å². The predicted molar refractivity (Wildman–Crippen MR) is 149 cm³/mol. The molecule has 9 heteroatoms. The molecule has 1 atom stereocenters. The number of anilines is 3. The van der Waals surface area contributed by atoms with Crippen molar-refractivity contribution in [3.63, 3.8) is 0 Å². The number of nitrogens with zero attached hydrogens (tertiary/aromatic N) is 1. The maximum Gasteiger partial charge on any atom is 0.326 e. The number of hydrogen-bond acceptors (Lipinski definition) is 3. The van der Waals surface area contributed by atoms with Crippen molar-refractivity contribution in [2.45, 2.75) is 39.7 Å². The first-order valence-corrected chi connectivity index (χ1v) is 11.8. The minimum absolute atomic E-state index is 0. The minimum atomic E-state index is -0.573. The van der Waals surface area contributed by atoms with Gasteiger partial charge in [0.1, 0.15) is 0 Å². The Kier molecular flexibility index (Phi) is 10.1. The molecule has 3 rings (SSSR count). The van der Waals surface area contributed by atoms with E-state index in [2.05, 4.69) is 5.32 Å². The molecule has 0 spiro atoms. The van der Waals surface area contributed by atoms with Crippen LogP contribution < -0.4 is 20.7 Å². The van der Waals surface area contributed by atoms with Gasteiger partial charge in [0.05, 0.1) is 18.8 Å². The van der Waals surface area contributed by atoms with E-state index in [-0.39, 0.29) is 19.2 Å². The molecule has 3 aromatic rings. The zero-order valence-electron chi connectivity index (χ0n) is 20.1. The lowest BCUT2D eigenvalue weighted by Crippen LogP contribution is -2.37. The average molecular weight is 539 g/mol. The highest BCUT2D eigenvalue weighted by Gasteiger charge is 2.27. The largest absolute Gasteiger partial charge is 0.494 e. The van der Waals surface area contributed by atoms with Crippen LogP contribution in [-0.4, -0.2) is 13.1 Å². The Morgan fingerprint density at radius 1 is 1.09 bits per heavy atom. The normalized spacial score (nSPS) is 11.4. The molecule has 0 fully saturated rings. The van der Waals surface area contributed by atoms with Gasteiger partial charge < -0.3 is 15.8 Å². The highest BCUT2D eigenvalue weighted by Crippen LogP contribution is 2.36. The van der Waals surface area contributed by atoms with Gasteiger partial charge in [0.2, 0.25) is 0 Å². The molecule has 0 bridgehead atoms. The van der Waals surface area contributed by atoms with Crippen LogP contribution in [0.25, 0.3) is 0 Å². The second kappa shape index (κ2) is 12.4. The lowest BCUT2D eigenvalue weighted by molar-refractivity contribution is 0.255. The first-order chi connectivity index (χ1) is 16.2. The number of nitrogen functional groups attached to an aromatic ring is 1. The second-order valence-electron chi connectivity index (χ2n) is 7.83. The fourth-order valence-corrected chi connectivity index (χ4v) is 4.49. The van der Waals surface area contributed by atoms with Gasteiger partial charge in [-0.1, -0.05) is 49.2 Å². The number of methoxy groups -OCH3 is 1. The maximum atomic E-state index is 14.6. The van der Waals surface area contributed by atoms with Gasteiger partial charge in [0.25, 0.3) is 0 Å². The molecular formula is C26H30Cl2FN3O2S. The van der Waals surface area contributed by atoms with E-state index in [9.17, 15) is 9.18 Å². The van der Waals surface area contributed by atoms with Crippen molar-refractivity contribution in [3.8, 4) is 5.75 Å². The molecule has 5 nitrogen and oxygen atoms in total. The average Bonchev–Trinajstić information content (AvgIpc) is 2.80. The lowest BCUT2D eigenvalue weighted by atomic mass is 10.0. The van der Waals surface area contributed by atoms with Gasteiger partial charge in [-0.25, -0.2) is 9.18 Å². The molecule has 35 heavy (non-hydrogen) atoms. The second-order valence-corrected chi connectivity index (χ2v) is 8.68. The maximum absolute atomic E-state index is 14.6. The van der Waals surface area contributed by atoms with Crippen LogP contribution >= 0.6 is 36.7 Å². The zero-order valence-corrected chi connectivity index (χ0v) is 22.6. The van der Waals surface area contributed by atoms with E-state index < -0.39 is 17.9 Å². The van der Waals surface area contributed by atoms with E-state index in [4.69, 9.17) is 33.7 Å². The first-order valence-electron chi connectivity index (χ1n) is 11.0. The van der Waals surface area contributed by atoms with Crippen LogP contribution in [0.2, 0.25) is 10.0 Å². The summed E-state index contributed by atoms with van der Waals surface area (Å²) in [5.41, 5.74) is 10.1. The number of ether oxygens (including phenoxy) is 1. The summed E-state index contributed by atoms with van der Waals surface area (Å²) in [5.74, 6) is -0.482. The number of halogens is 3. The van der Waals surface area contributed by atoms with Crippen molar-refractivity contribution in [3.05, 3.63) is 81.1 Å². The third-order valence-corrected chi connectivity index (χ3v) is 6.42. The molecule has 0 aliphatic rings. The molecule has 0 unspecified atom stereocenters. The third-order valence-electron chi connectivity index (χ3n) is 5.83. The van der Waals surface area contributed by atoms with Gasteiger partial charge in [-0.2, -0.15) is 13.5 Å². The van der Waals surface area contributed by atoms with Gasteiger partial charge in [-0.15, -0.1) is 0 Å². The monoisotopic (exact) mass is 537 g/mol. The Labute approximate surface area is 222 Å². The quantitative estimate of drug-likeness (QED) is 0.302. The molecule has 0 heterocycles. The van der Waals surface area contributed by atoms with Gasteiger partial charge >= 0.3 is 6.03 Å². The van der Waals surface area contributed by atoms with Crippen LogP contribution in [0.1, 0.15) is 43.5 Å². The van der Waals surface area contributed by atoms with E-state index in [0.29, 0.717) is 39.9 Å². The number of benzene rings is 3. The summed E-state index contributed by atoms with van der Waals surface area (Å²) >= 11 is 12.5. The van der Waals surface area contributed by atoms with Crippen molar-refractivity contribution in [1.29, 1.82) is 0 Å². The molecule has 0 radical (unpaired) electrons. The SMILES string of the molecule is CCc1c(N)cc(Cl)c(CC)c1NC(=O)N(c1ccc(OC)c(F)c1)[C@@H](C)c1ccc(Cl)cc1.S. The lowest BCUT2D eigenvalue weighted by Gasteiger charge is -2.31. The van der Waals surface area contributed by atoms with Crippen LogP contribution in [0.4, 0.5) is 26.2 Å². The van der Waals surface area contributed by atoms with E-state index in [1.165, 1.54) is 24.1 Å². The number of nitrogens with one attached hydrogen (secondary N) is 1. The van der Waals surface area contributed by atoms with Gasteiger partial charge in [-0.3, -0.25) is 4.90 Å². The van der Waals surface area contributed by atoms with Gasteiger partial charge in [0, 0.05) is 27.5 Å². The van der Waals surface area contributed by atoms with Crippen LogP contribution in [-0.2, 0) is 12.8 Å². The van der Waals surface area contributed by atoms with E-state index in [0.717, 1.165) is 16.7 Å². The van der Waals surface area contributed by atoms with Crippen molar-refractivity contribution >= 4 is 59.8 Å². The Morgan fingerprint density at radius 2 is 1.71 bits per heavy atom. The van der Waals surface area contributed by atoms with E-state index in [1.54, 1.807) is 24.3 Å². The van der Waals surface area contributed by atoms with Crippen molar-refractivity contribution in [2.75, 3.05) is 23.1 Å². The Bertz CT molecular complexity index is 1160. The molecule has 0 aromatic heterocycles. The zero-order chi connectivity index (χ0) is 25.0. The Balaban J connectivity index is 0.00000432. The van der Waals surface area contributed by atoms with Gasteiger partial charge in [0.15, 0.2) is 11.6 Å². The third kappa shape index (κ3) is 6.15.